The number of allylic oxidation sites excluding steroid dienone is 1. The van der Waals surface area contributed by atoms with Crippen LogP contribution in [0.1, 0.15) is 18.4 Å². The van der Waals surface area contributed by atoms with E-state index < -0.39 is 0 Å². The molecule has 0 N–H and O–H groups in total. The molecule has 2 fully saturated rings. The molecule has 3 nitrogen and oxygen atoms in total. The molecule has 2 aliphatic rings. The molecule has 1 aromatic rings. The third-order valence-electron chi connectivity index (χ3n) is 4.24. The second-order valence-corrected chi connectivity index (χ2v) is 6.17. The fourth-order valence-electron chi connectivity index (χ4n) is 3.02. The standard InChI is InChI=1S/C17H20ClNO2.ClH/c18-16-5-1-13(2-6-16)11-14-3-4-15(17(14)20)12-19-7-9-21-10-8-19;/h1-2,5-6,11,15H,3-4,7-10,12H2;1H. The Kier molecular flexibility index (Phi) is 6.45. The highest BCUT2D eigenvalue weighted by atomic mass is 35.5. The van der Waals surface area contributed by atoms with Crippen LogP contribution in [-0.2, 0) is 9.53 Å². The summed E-state index contributed by atoms with van der Waals surface area (Å²) >= 11 is 5.89. The maximum Gasteiger partial charge on any atom is 0.163 e. The summed E-state index contributed by atoms with van der Waals surface area (Å²) in [6, 6.07) is 7.63. The van der Waals surface area contributed by atoms with E-state index in [-0.39, 0.29) is 18.3 Å². The van der Waals surface area contributed by atoms with Gasteiger partial charge in [0.2, 0.25) is 0 Å². The normalized spacial score (nSPS) is 24.5. The van der Waals surface area contributed by atoms with Crippen LogP contribution in [0.2, 0.25) is 5.02 Å². The van der Waals surface area contributed by atoms with E-state index in [0.29, 0.717) is 5.78 Å². The van der Waals surface area contributed by atoms with E-state index in [4.69, 9.17) is 16.3 Å². The SMILES string of the molecule is Cl.O=C1C(=Cc2ccc(Cl)cc2)CCC1CN1CCOCC1. The smallest absolute Gasteiger partial charge is 0.163 e. The van der Waals surface area contributed by atoms with Crippen LogP contribution in [0.15, 0.2) is 29.8 Å². The molecule has 1 saturated heterocycles. The largest absolute Gasteiger partial charge is 0.379 e. The van der Waals surface area contributed by atoms with Crippen LogP contribution in [0.5, 0.6) is 0 Å². The van der Waals surface area contributed by atoms with Gasteiger partial charge in [-0.15, -0.1) is 12.4 Å². The predicted molar refractivity (Wildman–Crippen MR) is 91.7 cm³/mol. The summed E-state index contributed by atoms with van der Waals surface area (Å²) in [4.78, 5) is 14.8. The molecule has 1 unspecified atom stereocenters. The van der Waals surface area contributed by atoms with Crippen LogP contribution in [0.4, 0.5) is 0 Å². The number of ketones is 1. The monoisotopic (exact) mass is 341 g/mol. The number of halogens is 2. The Morgan fingerprint density at radius 1 is 1.23 bits per heavy atom. The van der Waals surface area contributed by atoms with Gasteiger partial charge in [0, 0.05) is 30.6 Å². The van der Waals surface area contributed by atoms with Crippen LogP contribution >= 0.6 is 24.0 Å². The van der Waals surface area contributed by atoms with Gasteiger partial charge in [-0.3, -0.25) is 9.69 Å². The average molecular weight is 342 g/mol. The van der Waals surface area contributed by atoms with Gasteiger partial charge in [-0.05, 0) is 42.2 Å². The first-order valence-corrected chi connectivity index (χ1v) is 7.90. The number of hydrogen-bond acceptors (Lipinski definition) is 3. The Morgan fingerprint density at radius 3 is 2.59 bits per heavy atom. The molecule has 0 radical (unpaired) electrons. The van der Waals surface area contributed by atoms with Gasteiger partial charge in [0.1, 0.15) is 0 Å². The van der Waals surface area contributed by atoms with Crippen molar-refractivity contribution in [2.45, 2.75) is 12.8 Å². The minimum Gasteiger partial charge on any atom is -0.379 e. The quantitative estimate of drug-likeness (QED) is 0.788. The second-order valence-electron chi connectivity index (χ2n) is 5.73. The van der Waals surface area contributed by atoms with Crippen molar-refractivity contribution in [3.63, 3.8) is 0 Å². The van der Waals surface area contributed by atoms with Crippen molar-refractivity contribution in [1.82, 2.24) is 4.90 Å². The fraction of sp³-hybridized carbons (Fsp3) is 0.471. The lowest BCUT2D eigenvalue weighted by Gasteiger charge is -2.28. The first-order chi connectivity index (χ1) is 10.2. The predicted octanol–water partition coefficient (Wildman–Crippen LogP) is 3.46. The van der Waals surface area contributed by atoms with Gasteiger partial charge in [0.25, 0.3) is 0 Å². The zero-order valence-corrected chi connectivity index (χ0v) is 14.0. The van der Waals surface area contributed by atoms with Crippen LogP contribution in [0.25, 0.3) is 6.08 Å². The highest BCUT2D eigenvalue weighted by Gasteiger charge is 2.30. The first kappa shape index (κ1) is 17.5. The average Bonchev–Trinajstić information content (AvgIpc) is 2.84. The van der Waals surface area contributed by atoms with Gasteiger partial charge in [-0.25, -0.2) is 0 Å². The van der Waals surface area contributed by atoms with E-state index in [1.807, 2.05) is 30.3 Å². The van der Waals surface area contributed by atoms with E-state index in [0.717, 1.165) is 61.8 Å². The van der Waals surface area contributed by atoms with E-state index in [1.165, 1.54) is 0 Å². The van der Waals surface area contributed by atoms with Crippen molar-refractivity contribution in [2.24, 2.45) is 5.92 Å². The number of carbonyl (C=O) groups excluding carboxylic acids is 1. The molecule has 1 heterocycles. The molecule has 1 atom stereocenters. The van der Waals surface area contributed by atoms with E-state index in [1.54, 1.807) is 0 Å². The topological polar surface area (TPSA) is 29.5 Å². The maximum atomic E-state index is 12.5. The molecule has 1 aromatic carbocycles. The lowest BCUT2D eigenvalue weighted by Crippen LogP contribution is -2.40. The van der Waals surface area contributed by atoms with Gasteiger partial charge in [0.05, 0.1) is 13.2 Å². The minimum absolute atomic E-state index is 0. The fourth-order valence-corrected chi connectivity index (χ4v) is 3.15. The minimum atomic E-state index is 0. The number of benzene rings is 1. The lowest BCUT2D eigenvalue weighted by atomic mass is 10.0. The molecule has 0 bridgehead atoms. The molecule has 0 aromatic heterocycles. The number of morpholine rings is 1. The molecule has 22 heavy (non-hydrogen) atoms. The number of carbonyl (C=O) groups is 1. The molecule has 0 spiro atoms. The Balaban J connectivity index is 0.00000176. The molecular formula is C17H21Cl2NO2. The summed E-state index contributed by atoms with van der Waals surface area (Å²) in [5.41, 5.74) is 2.00. The second kappa shape index (κ2) is 8.11. The molecule has 5 heteroatoms. The highest BCUT2D eigenvalue weighted by Crippen LogP contribution is 2.29. The molecule has 0 amide bonds. The molecular weight excluding hydrogens is 321 g/mol. The van der Waals surface area contributed by atoms with E-state index in [2.05, 4.69) is 4.90 Å². The van der Waals surface area contributed by atoms with E-state index >= 15 is 0 Å². The summed E-state index contributed by atoms with van der Waals surface area (Å²) in [7, 11) is 0. The highest BCUT2D eigenvalue weighted by molar-refractivity contribution is 6.30. The number of ether oxygens (including phenoxy) is 1. The molecule has 3 rings (SSSR count). The Morgan fingerprint density at radius 2 is 1.91 bits per heavy atom. The Labute approximate surface area is 142 Å². The zero-order valence-electron chi connectivity index (χ0n) is 12.5. The summed E-state index contributed by atoms with van der Waals surface area (Å²) in [5.74, 6) is 0.470. The number of hydrogen-bond donors (Lipinski definition) is 0. The van der Waals surface area contributed by atoms with Gasteiger partial charge in [-0.1, -0.05) is 23.7 Å². The summed E-state index contributed by atoms with van der Waals surface area (Å²) < 4.78 is 5.35. The van der Waals surface area contributed by atoms with Crippen molar-refractivity contribution in [2.75, 3.05) is 32.8 Å². The number of rotatable bonds is 3. The van der Waals surface area contributed by atoms with Gasteiger partial charge < -0.3 is 4.74 Å². The molecule has 1 saturated carbocycles. The molecule has 120 valence electrons. The zero-order chi connectivity index (χ0) is 14.7. The maximum absolute atomic E-state index is 12.5. The number of Topliss-reactive ketones (excluding diaryl/α,β-unsaturated/α-hetero) is 1. The van der Waals surface area contributed by atoms with Crippen molar-refractivity contribution in [3.8, 4) is 0 Å². The van der Waals surface area contributed by atoms with Crippen LogP contribution in [0, 0.1) is 5.92 Å². The summed E-state index contributed by atoms with van der Waals surface area (Å²) in [5, 5.41) is 0.722. The molecule has 1 aliphatic heterocycles. The van der Waals surface area contributed by atoms with Gasteiger partial charge in [0.15, 0.2) is 5.78 Å². The van der Waals surface area contributed by atoms with Crippen molar-refractivity contribution < 1.29 is 9.53 Å². The number of nitrogens with zero attached hydrogens (tertiary/aromatic N) is 1. The Bertz CT molecular complexity index is 536. The van der Waals surface area contributed by atoms with Crippen molar-refractivity contribution in [1.29, 1.82) is 0 Å². The van der Waals surface area contributed by atoms with Crippen LogP contribution in [0.3, 0.4) is 0 Å². The summed E-state index contributed by atoms with van der Waals surface area (Å²) in [6.45, 7) is 4.34. The molecule has 1 aliphatic carbocycles. The van der Waals surface area contributed by atoms with Crippen molar-refractivity contribution >= 4 is 35.9 Å². The lowest BCUT2D eigenvalue weighted by molar-refractivity contribution is -0.118. The van der Waals surface area contributed by atoms with E-state index in [9.17, 15) is 4.79 Å². The van der Waals surface area contributed by atoms with Gasteiger partial charge in [-0.2, -0.15) is 0 Å². The van der Waals surface area contributed by atoms with Gasteiger partial charge >= 0.3 is 0 Å². The van der Waals surface area contributed by atoms with Crippen LogP contribution in [-0.4, -0.2) is 43.5 Å². The third kappa shape index (κ3) is 4.32. The van der Waals surface area contributed by atoms with Crippen molar-refractivity contribution in [3.05, 3.63) is 40.4 Å². The third-order valence-corrected chi connectivity index (χ3v) is 4.49. The van der Waals surface area contributed by atoms with Crippen LogP contribution < -0.4 is 0 Å². The summed E-state index contributed by atoms with van der Waals surface area (Å²) in [6.07, 6.45) is 3.87. The Hall–Kier alpha value is -0.870. The first-order valence-electron chi connectivity index (χ1n) is 7.53.